The van der Waals surface area contributed by atoms with Crippen molar-refractivity contribution in [2.24, 2.45) is 0 Å². The van der Waals surface area contributed by atoms with Crippen molar-refractivity contribution in [3.8, 4) is 0 Å². The first kappa shape index (κ1) is 18.8. The third-order valence-corrected chi connectivity index (χ3v) is 4.59. The molecule has 0 unspecified atom stereocenters. The second kappa shape index (κ2) is 8.64. The van der Waals surface area contributed by atoms with Crippen LogP contribution in [0.3, 0.4) is 0 Å². The van der Waals surface area contributed by atoms with E-state index in [1.54, 1.807) is 18.9 Å². The summed E-state index contributed by atoms with van der Waals surface area (Å²) in [5, 5.41) is 8.33. The minimum atomic E-state index is -0.305. The van der Waals surface area contributed by atoms with Gasteiger partial charge in [0, 0.05) is 32.1 Å². The Hall–Kier alpha value is -0.930. The van der Waals surface area contributed by atoms with Crippen LogP contribution in [0, 0.1) is 0 Å². The largest absolute Gasteiger partial charge is 0.382 e. The first-order chi connectivity index (χ1) is 12.1. The Bertz CT molecular complexity index is 549. The summed E-state index contributed by atoms with van der Waals surface area (Å²) in [5.74, 6) is 0.0673. The first-order valence-electron chi connectivity index (χ1n) is 8.42. The Kier molecular flexibility index (Phi) is 6.51. The molecule has 1 aromatic rings. The van der Waals surface area contributed by atoms with E-state index >= 15 is 0 Å². The number of nitrogens with zero attached hydrogens (tertiary/aromatic N) is 3. The van der Waals surface area contributed by atoms with Crippen molar-refractivity contribution in [1.82, 2.24) is 15.0 Å². The monoisotopic (exact) mass is 347 g/mol. The number of hydrogen-bond donors (Lipinski definition) is 0. The quantitative estimate of drug-likeness (QED) is 0.591. The van der Waals surface area contributed by atoms with Gasteiger partial charge in [0.05, 0.1) is 37.3 Å². The normalized spacial score (nSPS) is 35.4. The Morgan fingerprint density at radius 2 is 1.92 bits per heavy atom. The third-order valence-electron chi connectivity index (χ3n) is 4.59. The minimum absolute atomic E-state index is 0.0479. The van der Waals surface area contributed by atoms with Gasteiger partial charge in [0.1, 0.15) is 28.5 Å². The molecule has 0 amide bonds. The molecule has 1 aromatic heterocycles. The fourth-order valence-corrected chi connectivity index (χ4v) is 3.36. The van der Waals surface area contributed by atoms with Crippen molar-refractivity contribution in [3.05, 3.63) is 11.9 Å². The molecule has 0 N–H and O–H groups in total. The Labute approximate surface area is 150 Å². The van der Waals surface area contributed by atoms with Crippen molar-refractivity contribution in [2.45, 2.75) is 55.8 Å². The van der Waals surface area contributed by atoms with E-state index in [1.165, 1.54) is 0 Å². The maximum absolute atomic E-state index is 5.88. The van der Waals surface area contributed by atoms with Gasteiger partial charge in [0.25, 0.3) is 0 Å². The summed E-state index contributed by atoms with van der Waals surface area (Å²) >= 11 is 0. The number of ether oxygens (including phenoxy) is 5. The van der Waals surface area contributed by atoms with Crippen molar-refractivity contribution in [2.75, 3.05) is 27.4 Å². The minimum Gasteiger partial charge on any atom is -0.382 e. The lowest BCUT2D eigenvalue weighted by Gasteiger charge is -2.17. The SMILES string of the molecule is [B][C@H]1C[C@@H](OC)[C@@H](COCn2cc([C@@H]3C[C@H]([B])O[C@@H]3COC)nn2)O1. The van der Waals surface area contributed by atoms with Crippen LogP contribution in [0.2, 0.25) is 0 Å². The topological polar surface area (TPSA) is 76.9 Å². The highest BCUT2D eigenvalue weighted by Gasteiger charge is 2.36. The lowest BCUT2D eigenvalue weighted by molar-refractivity contribution is -0.0589. The second-order valence-electron chi connectivity index (χ2n) is 6.42. The summed E-state index contributed by atoms with van der Waals surface area (Å²) in [4.78, 5) is 0. The molecule has 2 aliphatic heterocycles. The summed E-state index contributed by atoms with van der Waals surface area (Å²) in [5.41, 5.74) is 0.826. The molecule has 8 nitrogen and oxygen atoms in total. The highest BCUT2D eigenvalue weighted by Crippen LogP contribution is 2.33. The van der Waals surface area contributed by atoms with Crippen LogP contribution in [0.5, 0.6) is 0 Å². The van der Waals surface area contributed by atoms with Crippen LogP contribution in [0.15, 0.2) is 6.20 Å². The molecule has 134 valence electrons. The van der Waals surface area contributed by atoms with Crippen LogP contribution < -0.4 is 0 Å². The smallest absolute Gasteiger partial charge is 0.141 e. The van der Waals surface area contributed by atoms with Crippen molar-refractivity contribution >= 4 is 15.7 Å². The fraction of sp³-hybridized carbons (Fsp3) is 0.867. The molecule has 0 spiro atoms. The molecule has 2 fully saturated rings. The van der Waals surface area contributed by atoms with E-state index < -0.39 is 0 Å². The molecule has 3 rings (SSSR count). The number of aromatic nitrogens is 3. The van der Waals surface area contributed by atoms with Crippen molar-refractivity contribution in [1.29, 1.82) is 0 Å². The molecular weight excluding hydrogens is 324 g/mol. The Morgan fingerprint density at radius 3 is 2.68 bits per heavy atom. The summed E-state index contributed by atoms with van der Waals surface area (Å²) in [7, 11) is 14.9. The van der Waals surface area contributed by atoms with Gasteiger partial charge in [-0.2, -0.15) is 0 Å². The highest BCUT2D eigenvalue weighted by atomic mass is 16.6. The van der Waals surface area contributed by atoms with Gasteiger partial charge >= 0.3 is 0 Å². The molecular formula is C15H23B2N3O5. The number of methoxy groups -OCH3 is 2. The van der Waals surface area contributed by atoms with Crippen LogP contribution in [0.4, 0.5) is 0 Å². The summed E-state index contributed by atoms with van der Waals surface area (Å²) in [6, 6.07) is -0.609. The van der Waals surface area contributed by atoms with Crippen molar-refractivity contribution in [3.63, 3.8) is 0 Å². The molecule has 2 aliphatic rings. The molecule has 25 heavy (non-hydrogen) atoms. The third kappa shape index (κ3) is 4.62. The number of hydrogen-bond acceptors (Lipinski definition) is 7. The van der Waals surface area contributed by atoms with Crippen LogP contribution in [-0.4, -0.2) is 88.4 Å². The number of rotatable bonds is 8. The molecule has 3 heterocycles. The molecule has 0 aliphatic carbocycles. The predicted molar refractivity (Wildman–Crippen MR) is 89.5 cm³/mol. The fourth-order valence-electron chi connectivity index (χ4n) is 3.36. The lowest BCUT2D eigenvalue weighted by Crippen LogP contribution is -2.28. The zero-order chi connectivity index (χ0) is 17.8. The Balaban J connectivity index is 1.50. The van der Waals surface area contributed by atoms with E-state index in [0.29, 0.717) is 26.1 Å². The molecule has 10 heteroatoms. The zero-order valence-corrected chi connectivity index (χ0v) is 14.6. The van der Waals surface area contributed by atoms with E-state index in [2.05, 4.69) is 10.3 Å². The van der Waals surface area contributed by atoms with Crippen LogP contribution in [0.1, 0.15) is 24.5 Å². The second-order valence-corrected chi connectivity index (χ2v) is 6.42. The maximum atomic E-state index is 5.88. The Morgan fingerprint density at radius 1 is 1.16 bits per heavy atom. The zero-order valence-electron chi connectivity index (χ0n) is 14.6. The van der Waals surface area contributed by atoms with Gasteiger partial charge in [-0.1, -0.05) is 5.21 Å². The van der Waals surface area contributed by atoms with Crippen molar-refractivity contribution < 1.29 is 23.7 Å². The van der Waals surface area contributed by atoms with Gasteiger partial charge in [-0.25, -0.2) is 4.68 Å². The maximum Gasteiger partial charge on any atom is 0.141 e. The predicted octanol–water partition coefficient (Wildman–Crippen LogP) is -0.436. The molecule has 0 bridgehead atoms. The molecule has 2 saturated heterocycles. The molecule has 0 saturated carbocycles. The lowest BCUT2D eigenvalue weighted by atomic mass is 9.89. The van der Waals surface area contributed by atoms with Gasteiger partial charge in [0.15, 0.2) is 0 Å². The van der Waals surface area contributed by atoms with Crippen LogP contribution in [-0.2, 0) is 30.4 Å². The molecule has 4 radical (unpaired) electrons. The molecule has 6 atom stereocenters. The van der Waals surface area contributed by atoms with Gasteiger partial charge in [-0.15, -0.1) is 5.10 Å². The van der Waals surface area contributed by atoms with Gasteiger partial charge < -0.3 is 23.7 Å². The standard InChI is InChI=1S/C15H23B2N3O5/c1-21-6-12-9(3-14(16)24-12)10-5-20(19-18-10)8-23-7-13-11(22-2)4-15(17)25-13/h5,9,11-15H,3-4,6-8H2,1-2H3/t9-,11+,12+,13+,14+,15+/m0/s1. The van der Waals surface area contributed by atoms with Gasteiger partial charge in [-0.3, -0.25) is 0 Å². The van der Waals surface area contributed by atoms with Gasteiger partial charge in [-0.05, 0) is 12.8 Å². The van der Waals surface area contributed by atoms with E-state index in [1.807, 2.05) is 6.20 Å². The van der Waals surface area contributed by atoms with E-state index in [4.69, 9.17) is 39.4 Å². The van der Waals surface area contributed by atoms with Crippen LogP contribution in [0.25, 0.3) is 0 Å². The molecule has 0 aromatic carbocycles. The van der Waals surface area contributed by atoms with E-state index in [0.717, 1.165) is 5.69 Å². The average molecular weight is 347 g/mol. The van der Waals surface area contributed by atoms with E-state index in [9.17, 15) is 0 Å². The summed E-state index contributed by atoms with van der Waals surface area (Å²) < 4.78 is 29.1. The summed E-state index contributed by atoms with van der Waals surface area (Å²) in [6.07, 6.45) is 2.88. The van der Waals surface area contributed by atoms with Crippen LogP contribution >= 0.6 is 0 Å². The highest BCUT2D eigenvalue weighted by molar-refractivity contribution is 6.11. The van der Waals surface area contributed by atoms with E-state index in [-0.39, 0.29) is 43.0 Å². The summed E-state index contributed by atoms with van der Waals surface area (Å²) in [6.45, 7) is 1.12. The first-order valence-corrected chi connectivity index (χ1v) is 8.42. The average Bonchev–Trinajstić information content (AvgIpc) is 3.27. The van der Waals surface area contributed by atoms with Gasteiger partial charge in [0.2, 0.25) is 0 Å².